The molecule has 1 aliphatic rings. The zero-order chi connectivity index (χ0) is 16.3. The molecule has 0 aromatic carbocycles. The lowest BCUT2D eigenvalue weighted by Crippen LogP contribution is -2.58. The zero-order valence-corrected chi connectivity index (χ0v) is 14.3. The summed E-state index contributed by atoms with van der Waals surface area (Å²) in [5.74, 6) is -0.487. The van der Waals surface area contributed by atoms with Crippen molar-refractivity contribution < 1.29 is 19.1 Å². The first-order chi connectivity index (χ1) is 9.50. The second-order valence-corrected chi connectivity index (χ2v) is 7.63. The van der Waals surface area contributed by atoms with E-state index in [1.807, 2.05) is 0 Å². The van der Waals surface area contributed by atoms with E-state index in [1.54, 1.807) is 20.8 Å². The Hall–Kier alpha value is -0.970. The van der Waals surface area contributed by atoms with Gasteiger partial charge in [-0.1, -0.05) is 25.4 Å². The van der Waals surface area contributed by atoms with E-state index in [4.69, 9.17) is 21.1 Å². The smallest absolute Gasteiger partial charge is 0.408 e. The molecule has 1 fully saturated rings. The predicted octanol–water partition coefficient (Wildman–Crippen LogP) is 3.59. The molecular weight excluding hydrogens is 294 g/mol. The molecule has 0 atom stereocenters. The van der Waals surface area contributed by atoms with Crippen LogP contribution in [0.3, 0.4) is 0 Å². The van der Waals surface area contributed by atoms with E-state index in [0.29, 0.717) is 12.8 Å². The Balaban J connectivity index is 2.84. The van der Waals surface area contributed by atoms with Gasteiger partial charge in [-0.2, -0.15) is 0 Å². The molecule has 1 saturated carbocycles. The molecule has 0 saturated heterocycles. The number of alkyl halides is 1. The minimum Gasteiger partial charge on any atom is -0.448 e. The summed E-state index contributed by atoms with van der Waals surface area (Å²) in [4.78, 5) is 24.3. The lowest BCUT2D eigenvalue weighted by atomic mass is 9.69. The van der Waals surface area contributed by atoms with Crippen molar-refractivity contribution in [3.63, 3.8) is 0 Å². The van der Waals surface area contributed by atoms with Gasteiger partial charge in [0.1, 0.15) is 11.1 Å². The Morgan fingerprint density at radius 1 is 1.14 bits per heavy atom. The molecule has 1 rings (SSSR count). The summed E-state index contributed by atoms with van der Waals surface area (Å²) in [5, 5.41) is 2.72. The van der Waals surface area contributed by atoms with Crippen LogP contribution < -0.4 is 5.32 Å². The molecule has 0 aliphatic heterocycles. The molecule has 0 heterocycles. The molecule has 0 aromatic heterocycles. The molecule has 0 spiro atoms. The lowest BCUT2D eigenvalue weighted by Gasteiger charge is -2.42. The van der Waals surface area contributed by atoms with Crippen molar-refractivity contribution >= 4 is 23.7 Å². The SMILES string of the molecule is CC1(C)CCC(NC(=O)OC(C)(C)C)(C(=O)OCCl)CC1. The molecule has 1 aliphatic carbocycles. The highest BCUT2D eigenvalue weighted by molar-refractivity contribution is 6.17. The normalized spacial score (nSPS) is 20.5. The van der Waals surface area contributed by atoms with Crippen LogP contribution in [-0.4, -0.2) is 29.3 Å². The van der Waals surface area contributed by atoms with Crippen molar-refractivity contribution in [3.8, 4) is 0 Å². The molecule has 1 N–H and O–H groups in total. The first-order valence-electron chi connectivity index (χ1n) is 7.24. The molecule has 122 valence electrons. The summed E-state index contributed by atoms with van der Waals surface area (Å²) < 4.78 is 10.2. The van der Waals surface area contributed by atoms with E-state index in [9.17, 15) is 9.59 Å². The third kappa shape index (κ3) is 5.38. The number of amides is 1. The van der Waals surface area contributed by atoms with Crippen molar-refractivity contribution in [2.24, 2.45) is 5.41 Å². The van der Waals surface area contributed by atoms with Gasteiger partial charge >= 0.3 is 12.1 Å². The lowest BCUT2D eigenvalue weighted by molar-refractivity contribution is -0.152. The number of carbonyl (C=O) groups is 2. The van der Waals surface area contributed by atoms with E-state index in [2.05, 4.69) is 19.2 Å². The highest BCUT2D eigenvalue weighted by atomic mass is 35.5. The van der Waals surface area contributed by atoms with E-state index in [0.717, 1.165) is 12.8 Å². The number of esters is 1. The second-order valence-electron chi connectivity index (χ2n) is 7.41. The number of rotatable bonds is 3. The summed E-state index contributed by atoms with van der Waals surface area (Å²) >= 11 is 5.49. The van der Waals surface area contributed by atoms with Crippen LogP contribution in [0.5, 0.6) is 0 Å². The molecule has 0 radical (unpaired) electrons. The maximum absolute atomic E-state index is 12.3. The van der Waals surface area contributed by atoms with Crippen LogP contribution in [0, 0.1) is 5.41 Å². The van der Waals surface area contributed by atoms with Crippen LogP contribution in [0.2, 0.25) is 0 Å². The quantitative estimate of drug-likeness (QED) is 0.637. The molecule has 5 nitrogen and oxygen atoms in total. The number of ether oxygens (including phenoxy) is 2. The van der Waals surface area contributed by atoms with Crippen molar-refractivity contribution in [1.29, 1.82) is 0 Å². The van der Waals surface area contributed by atoms with Crippen LogP contribution in [0.1, 0.15) is 60.3 Å². The van der Waals surface area contributed by atoms with Gasteiger partial charge in [0.05, 0.1) is 0 Å². The van der Waals surface area contributed by atoms with Crippen LogP contribution in [-0.2, 0) is 14.3 Å². The Bertz CT molecular complexity index is 391. The monoisotopic (exact) mass is 319 g/mol. The number of alkyl carbamates (subject to hydrolysis) is 1. The summed E-state index contributed by atoms with van der Waals surface area (Å²) in [6.07, 6.45) is 2.08. The standard InChI is InChI=1S/C15H26ClNO4/c1-13(2,3)21-12(19)17-15(11(18)20-10-16)8-6-14(4,5)7-9-15/h6-10H2,1-5H3,(H,17,19). The molecule has 0 bridgehead atoms. The number of carbonyl (C=O) groups excluding carboxylic acids is 2. The molecule has 0 unspecified atom stereocenters. The summed E-state index contributed by atoms with van der Waals surface area (Å²) in [6.45, 7) is 9.63. The fourth-order valence-corrected chi connectivity index (χ4v) is 2.52. The van der Waals surface area contributed by atoms with Crippen molar-refractivity contribution in [3.05, 3.63) is 0 Å². The third-order valence-corrected chi connectivity index (χ3v) is 3.88. The first-order valence-corrected chi connectivity index (χ1v) is 7.78. The van der Waals surface area contributed by atoms with Crippen LogP contribution >= 0.6 is 11.6 Å². The molecule has 6 heteroatoms. The fourth-order valence-electron chi connectivity index (χ4n) is 2.42. The second kappa shape index (κ2) is 6.42. The Labute approximate surface area is 131 Å². The van der Waals surface area contributed by atoms with Crippen LogP contribution in [0.25, 0.3) is 0 Å². The molecule has 1 amide bonds. The topological polar surface area (TPSA) is 64.6 Å². The van der Waals surface area contributed by atoms with Gasteiger partial charge in [0.15, 0.2) is 6.07 Å². The minimum atomic E-state index is -1.03. The summed E-state index contributed by atoms with van der Waals surface area (Å²) in [7, 11) is 0. The Morgan fingerprint density at radius 3 is 2.10 bits per heavy atom. The summed E-state index contributed by atoms with van der Waals surface area (Å²) in [6, 6.07) is -0.222. The van der Waals surface area contributed by atoms with E-state index in [-0.39, 0.29) is 11.5 Å². The van der Waals surface area contributed by atoms with Gasteiger partial charge in [-0.15, -0.1) is 0 Å². The fraction of sp³-hybridized carbons (Fsp3) is 0.867. The summed E-state index contributed by atoms with van der Waals surface area (Å²) in [5.41, 5.74) is -1.50. The van der Waals surface area contributed by atoms with Crippen molar-refractivity contribution in [2.45, 2.75) is 71.4 Å². The highest BCUT2D eigenvalue weighted by Crippen LogP contribution is 2.41. The van der Waals surface area contributed by atoms with Gasteiger partial charge in [-0.3, -0.25) is 0 Å². The first kappa shape index (κ1) is 18.1. The largest absolute Gasteiger partial charge is 0.448 e. The van der Waals surface area contributed by atoms with Gasteiger partial charge < -0.3 is 14.8 Å². The highest BCUT2D eigenvalue weighted by Gasteiger charge is 2.47. The molecule has 21 heavy (non-hydrogen) atoms. The number of halogens is 1. The zero-order valence-electron chi connectivity index (χ0n) is 13.5. The van der Waals surface area contributed by atoms with Crippen molar-refractivity contribution in [1.82, 2.24) is 5.32 Å². The average Bonchev–Trinajstić information content (AvgIpc) is 2.30. The van der Waals surface area contributed by atoms with E-state index >= 15 is 0 Å². The van der Waals surface area contributed by atoms with Crippen molar-refractivity contribution in [2.75, 3.05) is 6.07 Å². The van der Waals surface area contributed by atoms with E-state index < -0.39 is 23.2 Å². The number of nitrogens with one attached hydrogen (secondary N) is 1. The van der Waals surface area contributed by atoms with Gasteiger partial charge in [-0.25, -0.2) is 9.59 Å². The maximum atomic E-state index is 12.3. The van der Waals surface area contributed by atoms with Crippen LogP contribution in [0.15, 0.2) is 0 Å². The molecule has 0 aromatic rings. The number of hydrogen-bond donors (Lipinski definition) is 1. The maximum Gasteiger partial charge on any atom is 0.408 e. The average molecular weight is 320 g/mol. The van der Waals surface area contributed by atoms with Gasteiger partial charge in [0.25, 0.3) is 0 Å². The number of hydrogen-bond acceptors (Lipinski definition) is 4. The Morgan fingerprint density at radius 2 is 1.67 bits per heavy atom. The van der Waals surface area contributed by atoms with E-state index in [1.165, 1.54) is 0 Å². The van der Waals surface area contributed by atoms with Crippen LogP contribution in [0.4, 0.5) is 4.79 Å². The Kier molecular flexibility index (Phi) is 5.53. The minimum absolute atomic E-state index is 0.153. The predicted molar refractivity (Wildman–Crippen MR) is 81.2 cm³/mol. The molecular formula is C15H26ClNO4. The van der Waals surface area contributed by atoms with Gasteiger partial charge in [0, 0.05) is 0 Å². The van der Waals surface area contributed by atoms with Gasteiger partial charge in [0.2, 0.25) is 0 Å². The van der Waals surface area contributed by atoms with Gasteiger partial charge in [-0.05, 0) is 51.9 Å². The third-order valence-electron chi connectivity index (χ3n) is 3.77.